The molecule has 1 aromatic carbocycles. The molecule has 88 valence electrons. The van der Waals surface area contributed by atoms with Gasteiger partial charge in [-0.05, 0) is 17.0 Å². The average Bonchev–Trinajstić information content (AvgIpc) is 2.65. The van der Waals surface area contributed by atoms with Gasteiger partial charge in [-0.25, -0.2) is 8.42 Å². The van der Waals surface area contributed by atoms with Gasteiger partial charge in [-0.15, -0.1) is 0 Å². The fourth-order valence-electron chi connectivity index (χ4n) is 2.35. The lowest BCUT2D eigenvalue weighted by atomic mass is 10.0. The van der Waals surface area contributed by atoms with Crippen molar-refractivity contribution < 1.29 is 8.42 Å². The highest BCUT2D eigenvalue weighted by atomic mass is 32.2. The van der Waals surface area contributed by atoms with Crippen molar-refractivity contribution in [2.45, 2.75) is 30.7 Å². The Bertz CT molecular complexity index is 520. The van der Waals surface area contributed by atoms with Crippen LogP contribution in [0.15, 0.2) is 29.2 Å². The molecule has 0 heterocycles. The van der Waals surface area contributed by atoms with Crippen molar-refractivity contribution in [3.05, 3.63) is 29.8 Å². The summed E-state index contributed by atoms with van der Waals surface area (Å²) < 4.78 is 23.3. The monoisotopic (exact) mass is 239 g/mol. The van der Waals surface area contributed by atoms with Crippen LogP contribution in [-0.2, 0) is 9.84 Å². The van der Waals surface area contributed by atoms with Gasteiger partial charge in [-0.3, -0.25) is 0 Å². The summed E-state index contributed by atoms with van der Waals surface area (Å²) in [6.07, 6.45) is 1.24. The molecule has 0 radical (unpaired) electrons. The predicted octanol–water partition coefficient (Wildman–Crippen LogP) is 1.54. The number of hydrogen-bond acceptors (Lipinski definition) is 3. The Kier molecular flexibility index (Phi) is 2.40. The minimum atomic E-state index is -3.17. The molecule has 1 aromatic rings. The Labute approximate surface area is 96.6 Å². The topological polar surface area (TPSA) is 60.2 Å². The average molecular weight is 239 g/mol. The Balaban J connectivity index is 2.52. The molecule has 0 spiro atoms. The molecule has 0 unspecified atom stereocenters. The van der Waals surface area contributed by atoms with Crippen molar-refractivity contribution in [2.75, 3.05) is 6.26 Å². The lowest BCUT2D eigenvalue weighted by Gasteiger charge is -2.08. The molecule has 0 aliphatic heterocycles. The Hall–Kier alpha value is -0.870. The van der Waals surface area contributed by atoms with Gasteiger partial charge in [0.25, 0.3) is 0 Å². The first-order valence-electron chi connectivity index (χ1n) is 5.31. The summed E-state index contributed by atoms with van der Waals surface area (Å²) in [5.74, 6) is 0.151. The van der Waals surface area contributed by atoms with E-state index in [1.165, 1.54) is 6.26 Å². The van der Waals surface area contributed by atoms with Crippen molar-refractivity contribution in [3.8, 4) is 0 Å². The van der Waals surface area contributed by atoms with E-state index in [1.807, 2.05) is 12.1 Å². The van der Waals surface area contributed by atoms with E-state index in [-0.39, 0.29) is 17.4 Å². The summed E-state index contributed by atoms with van der Waals surface area (Å²) in [4.78, 5) is 0.418. The number of sulfone groups is 1. The van der Waals surface area contributed by atoms with E-state index in [0.717, 1.165) is 5.56 Å². The first-order valence-corrected chi connectivity index (χ1v) is 7.20. The second-order valence-electron chi connectivity index (χ2n) is 5.13. The minimum Gasteiger partial charge on any atom is -0.327 e. The maximum atomic E-state index is 11.7. The van der Waals surface area contributed by atoms with E-state index in [2.05, 4.69) is 13.8 Å². The zero-order valence-electron chi connectivity index (χ0n) is 9.77. The van der Waals surface area contributed by atoms with Crippen LogP contribution in [0.2, 0.25) is 0 Å². The first kappa shape index (κ1) is 11.6. The predicted molar refractivity (Wildman–Crippen MR) is 64.0 cm³/mol. The Morgan fingerprint density at radius 3 is 2.19 bits per heavy atom. The third-order valence-electron chi connectivity index (χ3n) is 3.56. The highest BCUT2D eigenvalue weighted by molar-refractivity contribution is 7.90. The summed E-state index contributed by atoms with van der Waals surface area (Å²) in [6.45, 7) is 4.14. The third kappa shape index (κ3) is 1.66. The molecule has 4 heteroatoms. The molecule has 2 rings (SSSR count). The van der Waals surface area contributed by atoms with Gasteiger partial charge in [-0.1, -0.05) is 32.0 Å². The fourth-order valence-corrected chi connectivity index (χ4v) is 3.30. The van der Waals surface area contributed by atoms with Gasteiger partial charge in [-0.2, -0.15) is 0 Å². The smallest absolute Gasteiger partial charge is 0.175 e. The van der Waals surface area contributed by atoms with E-state index in [0.29, 0.717) is 4.90 Å². The highest BCUT2D eigenvalue weighted by Gasteiger charge is 2.57. The summed E-state index contributed by atoms with van der Waals surface area (Å²) in [7, 11) is -3.17. The second kappa shape index (κ2) is 3.31. The SMILES string of the molecule is CC1(C)[C@H](N)[C@H]1c1ccccc1S(C)(=O)=O. The van der Waals surface area contributed by atoms with E-state index >= 15 is 0 Å². The molecule has 1 saturated carbocycles. The molecule has 3 nitrogen and oxygen atoms in total. The van der Waals surface area contributed by atoms with Crippen LogP contribution in [0.1, 0.15) is 25.3 Å². The summed E-state index contributed by atoms with van der Waals surface area (Å²) >= 11 is 0. The minimum absolute atomic E-state index is 0.000787. The zero-order valence-corrected chi connectivity index (χ0v) is 10.6. The van der Waals surface area contributed by atoms with Gasteiger partial charge in [0.05, 0.1) is 4.90 Å². The molecule has 0 amide bonds. The third-order valence-corrected chi connectivity index (χ3v) is 4.73. The van der Waals surface area contributed by atoms with Crippen molar-refractivity contribution >= 4 is 9.84 Å². The number of hydrogen-bond donors (Lipinski definition) is 1. The number of benzene rings is 1. The fraction of sp³-hybridized carbons (Fsp3) is 0.500. The first-order chi connectivity index (χ1) is 7.26. The van der Waals surface area contributed by atoms with Crippen molar-refractivity contribution in [2.24, 2.45) is 11.1 Å². The van der Waals surface area contributed by atoms with Crippen molar-refractivity contribution in [1.82, 2.24) is 0 Å². The van der Waals surface area contributed by atoms with Crippen LogP contribution in [0, 0.1) is 5.41 Å². The largest absolute Gasteiger partial charge is 0.327 e. The van der Waals surface area contributed by atoms with E-state index < -0.39 is 9.84 Å². The van der Waals surface area contributed by atoms with Gasteiger partial charge in [0.15, 0.2) is 9.84 Å². The van der Waals surface area contributed by atoms with Crippen molar-refractivity contribution in [1.29, 1.82) is 0 Å². The lowest BCUT2D eigenvalue weighted by molar-refractivity contribution is 0.590. The van der Waals surface area contributed by atoms with Gasteiger partial charge in [0, 0.05) is 18.2 Å². The van der Waals surface area contributed by atoms with E-state index in [9.17, 15) is 8.42 Å². The molecular weight excluding hydrogens is 222 g/mol. The molecule has 0 saturated heterocycles. The summed E-state index contributed by atoms with van der Waals surface area (Å²) in [5.41, 5.74) is 6.86. The number of rotatable bonds is 2. The van der Waals surface area contributed by atoms with Gasteiger partial charge in [0.1, 0.15) is 0 Å². The molecule has 2 N–H and O–H groups in total. The van der Waals surface area contributed by atoms with Crippen LogP contribution >= 0.6 is 0 Å². The molecule has 1 aliphatic carbocycles. The van der Waals surface area contributed by atoms with Crippen molar-refractivity contribution in [3.63, 3.8) is 0 Å². The Morgan fingerprint density at radius 2 is 1.75 bits per heavy atom. The molecular formula is C12H17NO2S. The molecule has 1 aliphatic rings. The highest BCUT2D eigenvalue weighted by Crippen LogP contribution is 2.58. The number of nitrogens with two attached hydrogens (primary N) is 1. The molecule has 1 fully saturated rings. The normalized spacial score (nSPS) is 27.8. The quantitative estimate of drug-likeness (QED) is 0.851. The van der Waals surface area contributed by atoms with Crippen LogP contribution in [0.5, 0.6) is 0 Å². The van der Waals surface area contributed by atoms with E-state index in [4.69, 9.17) is 5.73 Å². The maximum Gasteiger partial charge on any atom is 0.175 e. The summed E-state index contributed by atoms with van der Waals surface area (Å²) in [6, 6.07) is 7.20. The van der Waals surface area contributed by atoms with Gasteiger partial charge in [0.2, 0.25) is 0 Å². The molecule has 16 heavy (non-hydrogen) atoms. The lowest BCUT2D eigenvalue weighted by Crippen LogP contribution is -2.07. The van der Waals surface area contributed by atoms with Gasteiger partial charge >= 0.3 is 0 Å². The van der Waals surface area contributed by atoms with Crippen LogP contribution in [0.25, 0.3) is 0 Å². The molecule has 2 atom stereocenters. The van der Waals surface area contributed by atoms with Crippen LogP contribution in [-0.4, -0.2) is 20.7 Å². The summed E-state index contributed by atoms with van der Waals surface area (Å²) in [5, 5.41) is 0. The van der Waals surface area contributed by atoms with E-state index in [1.54, 1.807) is 12.1 Å². The standard InChI is InChI=1S/C12H17NO2S/c1-12(2)10(11(12)13)8-6-4-5-7-9(8)16(3,14)15/h4-7,10-11H,13H2,1-3H3/t10-,11-/m1/s1. The van der Waals surface area contributed by atoms with Crippen LogP contribution < -0.4 is 5.73 Å². The second-order valence-corrected chi connectivity index (χ2v) is 7.12. The molecule has 0 bridgehead atoms. The zero-order chi connectivity index (χ0) is 12.1. The Morgan fingerprint density at radius 1 is 1.25 bits per heavy atom. The van der Waals surface area contributed by atoms with Crippen LogP contribution in [0.4, 0.5) is 0 Å². The molecule has 0 aromatic heterocycles. The van der Waals surface area contributed by atoms with Gasteiger partial charge < -0.3 is 5.73 Å². The van der Waals surface area contributed by atoms with Crippen LogP contribution in [0.3, 0.4) is 0 Å². The maximum absolute atomic E-state index is 11.7.